The van der Waals surface area contributed by atoms with E-state index in [1.54, 1.807) is 13.0 Å². The van der Waals surface area contributed by atoms with Crippen LogP contribution in [0.2, 0.25) is 0 Å². The monoisotopic (exact) mass is 286 g/mol. The molecule has 1 aliphatic heterocycles. The minimum Gasteiger partial charge on any atom is -0.395 e. The summed E-state index contributed by atoms with van der Waals surface area (Å²) in [6.07, 6.45) is -2.79. The second kappa shape index (κ2) is 5.52. The van der Waals surface area contributed by atoms with Gasteiger partial charge in [-0.25, -0.2) is 0 Å². The Labute approximate surface area is 115 Å². The fourth-order valence-electron chi connectivity index (χ4n) is 1.76. The molecular formula is C13H16F2N2O3. The highest BCUT2D eigenvalue weighted by Gasteiger charge is 2.43. The van der Waals surface area contributed by atoms with Crippen LogP contribution in [0.1, 0.15) is 20.3 Å². The molecule has 5 nitrogen and oxygen atoms in total. The topological polar surface area (TPSA) is 59.6 Å². The van der Waals surface area contributed by atoms with Crippen molar-refractivity contribution in [3.05, 3.63) is 18.2 Å². The van der Waals surface area contributed by atoms with Crippen LogP contribution in [0.25, 0.3) is 0 Å². The van der Waals surface area contributed by atoms with Gasteiger partial charge in [-0.2, -0.15) is 0 Å². The first-order valence-corrected chi connectivity index (χ1v) is 6.35. The number of hydrogen-bond acceptors (Lipinski definition) is 4. The first kappa shape index (κ1) is 14.4. The predicted molar refractivity (Wildman–Crippen MR) is 69.0 cm³/mol. The summed E-state index contributed by atoms with van der Waals surface area (Å²) in [7, 11) is 0. The number of alkyl halides is 2. The molecule has 0 saturated carbocycles. The van der Waals surface area contributed by atoms with Crippen LogP contribution in [0.5, 0.6) is 11.5 Å². The predicted octanol–water partition coefficient (Wildman–Crippen LogP) is 2.33. The number of benzene rings is 1. The summed E-state index contributed by atoms with van der Waals surface area (Å²) in [4.78, 5) is 11.7. The van der Waals surface area contributed by atoms with Gasteiger partial charge in [0.1, 0.15) is 6.04 Å². The maximum atomic E-state index is 12.9. The Morgan fingerprint density at radius 1 is 1.35 bits per heavy atom. The molecule has 110 valence electrons. The Hall–Kier alpha value is -2.05. The standard InChI is InChI=1S/C13H16F2N2O3/c1-3-6-16-12(18)8(2)17-9-4-5-10-11(7-9)20-13(14,15)19-10/h4-5,7-8,17H,3,6H2,1-2H3,(H,16,18). The van der Waals surface area contributed by atoms with Crippen molar-refractivity contribution in [3.63, 3.8) is 0 Å². The minimum atomic E-state index is -3.63. The van der Waals surface area contributed by atoms with Gasteiger partial charge >= 0.3 is 6.29 Å². The number of nitrogens with one attached hydrogen (secondary N) is 2. The largest absolute Gasteiger partial charge is 0.586 e. The van der Waals surface area contributed by atoms with Crippen molar-refractivity contribution in [3.8, 4) is 11.5 Å². The number of rotatable bonds is 5. The number of ether oxygens (including phenoxy) is 2. The van der Waals surface area contributed by atoms with E-state index in [4.69, 9.17) is 0 Å². The van der Waals surface area contributed by atoms with Gasteiger partial charge in [-0.15, -0.1) is 8.78 Å². The number of anilines is 1. The van der Waals surface area contributed by atoms with Crippen molar-refractivity contribution in [1.82, 2.24) is 5.32 Å². The van der Waals surface area contributed by atoms with Gasteiger partial charge in [0.05, 0.1) is 0 Å². The molecule has 0 saturated heterocycles. The number of carbonyl (C=O) groups excluding carboxylic acids is 1. The molecule has 0 bridgehead atoms. The van der Waals surface area contributed by atoms with Crippen molar-refractivity contribution in [2.24, 2.45) is 0 Å². The maximum Gasteiger partial charge on any atom is 0.586 e. The highest BCUT2D eigenvalue weighted by atomic mass is 19.3. The smallest absolute Gasteiger partial charge is 0.395 e. The van der Waals surface area contributed by atoms with Gasteiger partial charge in [-0.05, 0) is 25.5 Å². The Morgan fingerprint density at radius 2 is 2.05 bits per heavy atom. The number of hydrogen-bond donors (Lipinski definition) is 2. The lowest BCUT2D eigenvalue weighted by Gasteiger charge is -2.15. The molecule has 0 spiro atoms. The summed E-state index contributed by atoms with van der Waals surface area (Å²) in [5.74, 6) is -0.236. The normalized spacial score (nSPS) is 16.6. The third kappa shape index (κ3) is 3.28. The van der Waals surface area contributed by atoms with Crippen molar-refractivity contribution in [2.45, 2.75) is 32.6 Å². The SMILES string of the molecule is CCCNC(=O)C(C)Nc1ccc2c(c1)OC(F)(F)O2. The molecule has 2 N–H and O–H groups in total. The van der Waals surface area contributed by atoms with Gasteiger partial charge in [0.15, 0.2) is 11.5 Å². The summed E-state index contributed by atoms with van der Waals surface area (Å²) >= 11 is 0. The molecule has 1 aromatic rings. The van der Waals surface area contributed by atoms with E-state index in [9.17, 15) is 13.6 Å². The van der Waals surface area contributed by atoms with Crippen molar-refractivity contribution in [2.75, 3.05) is 11.9 Å². The Kier molecular flexibility index (Phi) is 3.96. The molecule has 20 heavy (non-hydrogen) atoms. The summed E-state index contributed by atoms with van der Waals surface area (Å²) in [5, 5.41) is 5.66. The van der Waals surface area contributed by atoms with E-state index in [2.05, 4.69) is 20.1 Å². The van der Waals surface area contributed by atoms with Gasteiger partial charge in [0.2, 0.25) is 5.91 Å². The summed E-state index contributed by atoms with van der Waals surface area (Å²) in [6, 6.07) is 3.81. The van der Waals surface area contributed by atoms with Crippen LogP contribution in [0, 0.1) is 0 Å². The zero-order valence-corrected chi connectivity index (χ0v) is 11.2. The highest BCUT2D eigenvalue weighted by Crippen LogP contribution is 2.42. The van der Waals surface area contributed by atoms with E-state index < -0.39 is 12.3 Å². The van der Waals surface area contributed by atoms with E-state index in [1.165, 1.54) is 12.1 Å². The van der Waals surface area contributed by atoms with Crippen molar-refractivity contribution < 1.29 is 23.0 Å². The third-order valence-corrected chi connectivity index (χ3v) is 2.73. The molecule has 0 radical (unpaired) electrons. The molecule has 0 fully saturated rings. The van der Waals surface area contributed by atoms with Gasteiger partial charge in [-0.1, -0.05) is 6.92 Å². The molecule has 1 heterocycles. The average Bonchev–Trinajstić information content (AvgIpc) is 2.68. The van der Waals surface area contributed by atoms with Crippen LogP contribution in [-0.4, -0.2) is 24.8 Å². The van der Waals surface area contributed by atoms with Gasteiger partial charge < -0.3 is 20.1 Å². The molecular weight excluding hydrogens is 270 g/mol. The lowest BCUT2D eigenvalue weighted by atomic mass is 10.2. The third-order valence-electron chi connectivity index (χ3n) is 2.73. The number of amides is 1. The molecule has 1 aliphatic rings. The first-order valence-electron chi connectivity index (χ1n) is 6.35. The van der Waals surface area contributed by atoms with E-state index in [-0.39, 0.29) is 17.4 Å². The first-order chi connectivity index (χ1) is 9.41. The van der Waals surface area contributed by atoms with E-state index in [0.717, 1.165) is 6.42 Å². The lowest BCUT2D eigenvalue weighted by molar-refractivity contribution is -0.286. The zero-order chi connectivity index (χ0) is 14.8. The molecule has 2 rings (SSSR count). The van der Waals surface area contributed by atoms with Gasteiger partial charge in [-0.3, -0.25) is 4.79 Å². The van der Waals surface area contributed by atoms with Crippen LogP contribution >= 0.6 is 0 Å². The molecule has 1 aromatic carbocycles. The summed E-state index contributed by atoms with van der Waals surface area (Å²) in [6.45, 7) is 4.23. The van der Waals surface area contributed by atoms with Gasteiger partial charge in [0.25, 0.3) is 0 Å². The fraction of sp³-hybridized carbons (Fsp3) is 0.462. The Morgan fingerprint density at radius 3 is 2.75 bits per heavy atom. The fourth-order valence-corrected chi connectivity index (χ4v) is 1.76. The van der Waals surface area contributed by atoms with Crippen LogP contribution in [0.4, 0.5) is 14.5 Å². The maximum absolute atomic E-state index is 12.9. The summed E-state index contributed by atoms with van der Waals surface area (Å²) < 4.78 is 34.4. The highest BCUT2D eigenvalue weighted by molar-refractivity contribution is 5.84. The van der Waals surface area contributed by atoms with E-state index >= 15 is 0 Å². The van der Waals surface area contributed by atoms with Crippen LogP contribution in [0.3, 0.4) is 0 Å². The summed E-state index contributed by atoms with van der Waals surface area (Å²) in [5.41, 5.74) is 0.504. The molecule has 0 aliphatic carbocycles. The van der Waals surface area contributed by atoms with Crippen LogP contribution < -0.4 is 20.1 Å². The second-order valence-electron chi connectivity index (χ2n) is 4.49. The number of fused-ring (bicyclic) bond motifs is 1. The number of carbonyl (C=O) groups is 1. The Bertz CT molecular complexity index is 508. The second-order valence-corrected chi connectivity index (χ2v) is 4.49. The minimum absolute atomic E-state index is 0.0244. The Balaban J connectivity index is 2.00. The van der Waals surface area contributed by atoms with Crippen molar-refractivity contribution in [1.29, 1.82) is 0 Å². The molecule has 1 unspecified atom stereocenters. The van der Waals surface area contributed by atoms with Gasteiger partial charge in [0, 0.05) is 18.3 Å². The van der Waals surface area contributed by atoms with Crippen molar-refractivity contribution >= 4 is 11.6 Å². The lowest BCUT2D eigenvalue weighted by Crippen LogP contribution is -2.37. The van der Waals surface area contributed by atoms with E-state index in [1.807, 2.05) is 6.92 Å². The zero-order valence-electron chi connectivity index (χ0n) is 11.2. The van der Waals surface area contributed by atoms with Crippen LogP contribution in [-0.2, 0) is 4.79 Å². The molecule has 1 atom stereocenters. The van der Waals surface area contributed by atoms with Crippen LogP contribution in [0.15, 0.2) is 18.2 Å². The molecule has 0 aromatic heterocycles. The molecule has 7 heteroatoms. The van der Waals surface area contributed by atoms with E-state index in [0.29, 0.717) is 12.2 Å². The quantitative estimate of drug-likeness (QED) is 0.872. The average molecular weight is 286 g/mol. The molecule has 1 amide bonds. The number of halogens is 2.